The molecule has 33 heavy (non-hydrogen) atoms. The molecule has 0 amide bonds. The lowest BCUT2D eigenvalue weighted by molar-refractivity contribution is 0.0453. The number of carbonyl (C=O) groups excluding carboxylic acids is 1. The quantitative estimate of drug-likeness (QED) is 0.255. The van der Waals surface area contributed by atoms with Gasteiger partial charge in [0, 0.05) is 11.1 Å². The van der Waals surface area contributed by atoms with Crippen LogP contribution in [0.3, 0.4) is 0 Å². The number of carbonyl (C=O) groups is 1. The van der Waals surface area contributed by atoms with Crippen molar-refractivity contribution in [1.82, 2.24) is 0 Å². The molecule has 0 aliphatic heterocycles. The van der Waals surface area contributed by atoms with Gasteiger partial charge in [0.25, 0.3) is 0 Å². The van der Waals surface area contributed by atoms with E-state index in [1.54, 1.807) is 48.5 Å². The summed E-state index contributed by atoms with van der Waals surface area (Å²) in [5.74, 6) is -0.505. The van der Waals surface area contributed by atoms with Gasteiger partial charge in [-0.2, -0.15) is 0 Å². The van der Waals surface area contributed by atoms with Gasteiger partial charge in [0.1, 0.15) is 6.61 Å². The number of nitrogens with zero attached hydrogens (tertiary/aromatic N) is 1. The molecule has 0 aliphatic rings. The molecule has 3 rings (SSSR count). The van der Waals surface area contributed by atoms with Crippen molar-refractivity contribution >= 4 is 37.6 Å². The van der Waals surface area contributed by atoms with Gasteiger partial charge in [0.2, 0.25) is 10.0 Å². The van der Waals surface area contributed by atoms with E-state index in [4.69, 9.17) is 9.47 Å². The Bertz CT molecular complexity index is 1120. The highest BCUT2D eigenvalue weighted by molar-refractivity contribution is 9.10. The van der Waals surface area contributed by atoms with Crippen LogP contribution in [0.1, 0.15) is 22.3 Å². The molecule has 0 saturated carbocycles. The van der Waals surface area contributed by atoms with Crippen LogP contribution in [0, 0.1) is 0 Å². The molecule has 0 bridgehead atoms. The number of benzene rings is 3. The van der Waals surface area contributed by atoms with E-state index in [-0.39, 0.29) is 6.61 Å². The Morgan fingerprint density at radius 3 is 2.15 bits per heavy atom. The topological polar surface area (TPSA) is 72.9 Å². The summed E-state index contributed by atoms with van der Waals surface area (Å²) in [6.07, 6.45) is 1.49. The highest BCUT2D eigenvalue weighted by Gasteiger charge is 2.28. The zero-order valence-corrected chi connectivity index (χ0v) is 20.7. The second-order valence-electron chi connectivity index (χ2n) is 7.48. The number of halogens is 1. The lowest BCUT2D eigenvalue weighted by atomic mass is 10.2. The number of hydrogen-bond donors (Lipinski definition) is 0. The normalized spacial score (nSPS) is 12.2. The van der Waals surface area contributed by atoms with Crippen LogP contribution in [0.25, 0.3) is 0 Å². The maximum atomic E-state index is 12.8. The molecule has 0 radical (unpaired) electrons. The van der Waals surface area contributed by atoms with Crippen molar-refractivity contribution in [3.63, 3.8) is 0 Å². The lowest BCUT2D eigenvalue weighted by Crippen LogP contribution is -2.43. The molecule has 0 saturated heterocycles. The van der Waals surface area contributed by atoms with Gasteiger partial charge in [0.05, 0.1) is 30.2 Å². The molecule has 1 atom stereocenters. The van der Waals surface area contributed by atoms with Gasteiger partial charge in [0.15, 0.2) is 0 Å². The van der Waals surface area contributed by atoms with E-state index in [0.29, 0.717) is 30.9 Å². The predicted octanol–water partition coefficient (Wildman–Crippen LogP) is 5.05. The number of hydrogen-bond acceptors (Lipinski definition) is 5. The molecule has 0 aromatic heterocycles. The number of rotatable bonds is 11. The van der Waals surface area contributed by atoms with Crippen molar-refractivity contribution in [3.8, 4) is 0 Å². The molecule has 6 nitrogen and oxygen atoms in total. The predicted molar refractivity (Wildman–Crippen MR) is 133 cm³/mol. The van der Waals surface area contributed by atoms with Crippen molar-refractivity contribution < 1.29 is 22.7 Å². The van der Waals surface area contributed by atoms with Crippen molar-refractivity contribution in [2.24, 2.45) is 0 Å². The fourth-order valence-corrected chi connectivity index (χ4v) is 4.82. The summed E-state index contributed by atoms with van der Waals surface area (Å²) in [4.78, 5) is 12.5. The van der Waals surface area contributed by atoms with Crippen molar-refractivity contribution in [1.29, 1.82) is 0 Å². The van der Waals surface area contributed by atoms with Crippen LogP contribution >= 0.6 is 15.9 Å². The molecule has 174 valence electrons. The Kier molecular flexibility index (Phi) is 9.05. The lowest BCUT2D eigenvalue weighted by Gasteiger charge is -2.31. The van der Waals surface area contributed by atoms with E-state index in [1.807, 2.05) is 36.4 Å². The third-order valence-corrected chi connectivity index (χ3v) is 6.65. The summed E-state index contributed by atoms with van der Waals surface area (Å²) < 4.78 is 39.0. The first kappa shape index (κ1) is 25.0. The van der Waals surface area contributed by atoms with Crippen LogP contribution in [-0.4, -0.2) is 39.9 Å². The van der Waals surface area contributed by atoms with E-state index < -0.39 is 22.0 Å². The van der Waals surface area contributed by atoms with Gasteiger partial charge in [-0.05, 0) is 48.4 Å². The Balaban J connectivity index is 1.75. The Morgan fingerprint density at radius 1 is 0.939 bits per heavy atom. The fourth-order valence-electron chi connectivity index (χ4n) is 3.34. The van der Waals surface area contributed by atoms with Crippen LogP contribution in [0.2, 0.25) is 0 Å². The summed E-state index contributed by atoms with van der Waals surface area (Å²) in [5, 5.41) is 0. The van der Waals surface area contributed by atoms with E-state index >= 15 is 0 Å². The van der Waals surface area contributed by atoms with Gasteiger partial charge in [-0.15, -0.1) is 0 Å². The minimum atomic E-state index is -3.66. The molecular weight excluding hydrogens is 506 g/mol. The second kappa shape index (κ2) is 12.0. The molecule has 0 unspecified atom stereocenters. The standard InChI is InChI=1S/C25H26BrNO5S/c1-33(29,30)27(23-14-12-22(26)13-15-23)24(16-17-31-18-20-8-4-2-5-9-20)19-32-25(28)21-10-6-3-7-11-21/h2-15,24H,16-19H2,1H3/t24-/m1/s1. The van der Waals surface area contributed by atoms with Crippen molar-refractivity contribution in [2.45, 2.75) is 19.1 Å². The molecule has 0 N–H and O–H groups in total. The average Bonchev–Trinajstić information content (AvgIpc) is 2.81. The summed E-state index contributed by atoms with van der Waals surface area (Å²) >= 11 is 3.37. The van der Waals surface area contributed by atoms with Gasteiger partial charge in [-0.25, -0.2) is 13.2 Å². The molecule has 0 fully saturated rings. The fraction of sp³-hybridized carbons (Fsp3) is 0.240. The Morgan fingerprint density at radius 2 is 1.55 bits per heavy atom. The molecule has 8 heteroatoms. The first-order chi connectivity index (χ1) is 15.8. The second-order valence-corrected chi connectivity index (χ2v) is 10.3. The van der Waals surface area contributed by atoms with Gasteiger partial charge < -0.3 is 9.47 Å². The molecule has 0 spiro atoms. The Hall–Kier alpha value is -2.68. The van der Waals surface area contributed by atoms with Gasteiger partial charge >= 0.3 is 5.97 Å². The monoisotopic (exact) mass is 531 g/mol. The SMILES string of the molecule is CS(=O)(=O)N(c1ccc(Br)cc1)[C@H](CCOCc1ccccc1)COC(=O)c1ccccc1. The van der Waals surface area contributed by atoms with Crippen LogP contribution in [-0.2, 0) is 26.1 Å². The third-order valence-electron chi connectivity index (χ3n) is 4.89. The summed E-state index contributed by atoms with van der Waals surface area (Å²) in [7, 11) is -3.66. The van der Waals surface area contributed by atoms with E-state index in [1.165, 1.54) is 4.31 Å². The highest BCUT2D eigenvalue weighted by atomic mass is 79.9. The van der Waals surface area contributed by atoms with Crippen LogP contribution in [0.15, 0.2) is 89.4 Å². The summed E-state index contributed by atoms with van der Waals surface area (Å²) in [6, 6.07) is 24.7. The number of esters is 1. The van der Waals surface area contributed by atoms with Gasteiger partial charge in [-0.1, -0.05) is 64.5 Å². The van der Waals surface area contributed by atoms with Crippen LogP contribution in [0.5, 0.6) is 0 Å². The first-order valence-electron chi connectivity index (χ1n) is 10.4. The van der Waals surface area contributed by atoms with Crippen molar-refractivity contribution in [2.75, 3.05) is 23.8 Å². The molecular formula is C25H26BrNO5S. The largest absolute Gasteiger partial charge is 0.460 e. The smallest absolute Gasteiger partial charge is 0.338 e. The molecule has 0 heterocycles. The van der Waals surface area contributed by atoms with Gasteiger partial charge in [-0.3, -0.25) is 4.31 Å². The number of sulfonamides is 1. The number of anilines is 1. The molecule has 0 aliphatic carbocycles. The van der Waals surface area contributed by atoms with Crippen LogP contribution in [0.4, 0.5) is 5.69 Å². The zero-order chi connectivity index (χ0) is 23.7. The highest BCUT2D eigenvalue weighted by Crippen LogP contribution is 2.25. The zero-order valence-electron chi connectivity index (χ0n) is 18.3. The minimum Gasteiger partial charge on any atom is -0.460 e. The summed E-state index contributed by atoms with van der Waals surface area (Å²) in [5.41, 5.74) is 1.92. The van der Waals surface area contributed by atoms with E-state index in [2.05, 4.69) is 15.9 Å². The molecule has 3 aromatic carbocycles. The average molecular weight is 532 g/mol. The maximum absolute atomic E-state index is 12.8. The number of ether oxygens (including phenoxy) is 2. The third kappa shape index (κ3) is 7.70. The van der Waals surface area contributed by atoms with Crippen molar-refractivity contribution in [3.05, 3.63) is 101 Å². The van der Waals surface area contributed by atoms with E-state index in [0.717, 1.165) is 16.3 Å². The molecule has 3 aromatic rings. The minimum absolute atomic E-state index is 0.106. The maximum Gasteiger partial charge on any atom is 0.338 e. The van der Waals surface area contributed by atoms with E-state index in [9.17, 15) is 13.2 Å². The van der Waals surface area contributed by atoms with Crippen LogP contribution < -0.4 is 4.31 Å². The first-order valence-corrected chi connectivity index (χ1v) is 13.1. The Labute approximate surface area is 203 Å². The summed E-state index contributed by atoms with van der Waals surface area (Å²) in [6.45, 7) is 0.602.